The van der Waals surface area contributed by atoms with Crippen molar-refractivity contribution in [3.05, 3.63) is 52.8 Å². The maximum atomic E-state index is 14.2. The molecule has 2 fully saturated rings. The third-order valence-electron chi connectivity index (χ3n) is 6.43. The molecular formula is C24H29Cl2N3O. The highest BCUT2D eigenvalue weighted by molar-refractivity contribution is 6.42. The second-order valence-electron chi connectivity index (χ2n) is 8.41. The Labute approximate surface area is 189 Å². The SMILES string of the molecule is O=C(N(c1ccncc1)c1ccc(Cl)c(Cl)c1)N(C1CCCCC1)C1CCCCC1. The van der Waals surface area contributed by atoms with Crippen LogP contribution in [0.25, 0.3) is 0 Å². The van der Waals surface area contributed by atoms with Crippen LogP contribution in [0.2, 0.25) is 10.0 Å². The second kappa shape index (κ2) is 10.0. The number of nitrogens with zero attached hydrogens (tertiary/aromatic N) is 3. The lowest BCUT2D eigenvalue weighted by molar-refractivity contribution is 0.111. The predicted octanol–water partition coefficient (Wildman–Crippen LogP) is 7.61. The van der Waals surface area contributed by atoms with Crippen molar-refractivity contribution < 1.29 is 4.79 Å². The molecule has 30 heavy (non-hydrogen) atoms. The van der Waals surface area contributed by atoms with Crippen LogP contribution >= 0.6 is 23.2 Å². The van der Waals surface area contributed by atoms with Gasteiger partial charge in [0, 0.05) is 24.5 Å². The van der Waals surface area contributed by atoms with Gasteiger partial charge in [-0.1, -0.05) is 61.7 Å². The van der Waals surface area contributed by atoms with Gasteiger partial charge in [-0.3, -0.25) is 9.88 Å². The number of hydrogen-bond acceptors (Lipinski definition) is 2. The van der Waals surface area contributed by atoms with E-state index in [0.29, 0.717) is 22.1 Å². The molecule has 0 radical (unpaired) electrons. The van der Waals surface area contributed by atoms with Crippen molar-refractivity contribution in [2.75, 3.05) is 4.90 Å². The van der Waals surface area contributed by atoms with Crippen LogP contribution in [-0.2, 0) is 0 Å². The van der Waals surface area contributed by atoms with E-state index in [1.54, 1.807) is 29.4 Å². The summed E-state index contributed by atoms with van der Waals surface area (Å²) in [6, 6.07) is 9.81. The third kappa shape index (κ3) is 4.76. The van der Waals surface area contributed by atoms with Crippen LogP contribution in [0.15, 0.2) is 42.7 Å². The molecule has 1 aromatic carbocycles. The van der Waals surface area contributed by atoms with E-state index in [1.807, 2.05) is 18.2 Å². The maximum absolute atomic E-state index is 14.2. The minimum atomic E-state index is 0.0402. The molecule has 0 N–H and O–H groups in total. The molecule has 0 saturated heterocycles. The van der Waals surface area contributed by atoms with E-state index in [4.69, 9.17) is 23.2 Å². The molecular weight excluding hydrogens is 417 g/mol. The van der Waals surface area contributed by atoms with Crippen molar-refractivity contribution in [1.29, 1.82) is 0 Å². The summed E-state index contributed by atoms with van der Waals surface area (Å²) in [5.41, 5.74) is 1.53. The zero-order valence-corrected chi connectivity index (χ0v) is 18.8. The Hall–Kier alpha value is -1.78. The molecule has 0 unspecified atom stereocenters. The zero-order valence-electron chi connectivity index (χ0n) is 17.3. The van der Waals surface area contributed by atoms with Gasteiger partial charge in [-0.25, -0.2) is 4.79 Å². The Morgan fingerprint density at radius 2 is 1.33 bits per heavy atom. The number of anilines is 2. The van der Waals surface area contributed by atoms with Crippen molar-refractivity contribution in [2.45, 2.75) is 76.3 Å². The Morgan fingerprint density at radius 3 is 1.87 bits per heavy atom. The lowest BCUT2D eigenvalue weighted by atomic mass is 9.89. The summed E-state index contributed by atoms with van der Waals surface area (Å²) < 4.78 is 0. The number of carbonyl (C=O) groups is 1. The predicted molar refractivity (Wildman–Crippen MR) is 124 cm³/mol. The van der Waals surface area contributed by atoms with Gasteiger partial charge in [-0.05, 0) is 56.0 Å². The first-order valence-electron chi connectivity index (χ1n) is 11.1. The summed E-state index contributed by atoms with van der Waals surface area (Å²) in [6.45, 7) is 0. The molecule has 160 valence electrons. The highest BCUT2D eigenvalue weighted by atomic mass is 35.5. The monoisotopic (exact) mass is 445 g/mol. The number of amides is 2. The maximum Gasteiger partial charge on any atom is 0.329 e. The highest BCUT2D eigenvalue weighted by Crippen LogP contribution is 2.36. The quantitative estimate of drug-likeness (QED) is 0.485. The van der Waals surface area contributed by atoms with Crippen LogP contribution in [0.1, 0.15) is 64.2 Å². The van der Waals surface area contributed by atoms with E-state index in [-0.39, 0.29) is 6.03 Å². The molecule has 4 rings (SSSR count). The number of benzene rings is 1. The van der Waals surface area contributed by atoms with Crippen molar-refractivity contribution in [2.24, 2.45) is 0 Å². The Balaban J connectivity index is 1.74. The molecule has 2 aliphatic rings. The largest absolute Gasteiger partial charge is 0.329 e. The van der Waals surface area contributed by atoms with Gasteiger partial charge in [0.1, 0.15) is 0 Å². The smallest absolute Gasteiger partial charge is 0.318 e. The van der Waals surface area contributed by atoms with Crippen molar-refractivity contribution >= 4 is 40.6 Å². The van der Waals surface area contributed by atoms with Gasteiger partial charge in [0.2, 0.25) is 0 Å². The number of urea groups is 1. The van der Waals surface area contributed by atoms with Gasteiger partial charge < -0.3 is 4.90 Å². The van der Waals surface area contributed by atoms with Crippen molar-refractivity contribution in [3.8, 4) is 0 Å². The standard InChI is InChI=1S/C24H29Cl2N3O/c25-22-12-11-21(17-23(22)26)29(20-13-15-27-16-14-20)24(30)28(18-7-3-1-4-8-18)19-9-5-2-6-10-19/h11-19H,1-10H2. The lowest BCUT2D eigenvalue weighted by Gasteiger charge is -2.44. The number of rotatable bonds is 4. The number of aromatic nitrogens is 1. The van der Waals surface area contributed by atoms with Crippen LogP contribution < -0.4 is 4.90 Å². The van der Waals surface area contributed by atoms with Crippen LogP contribution in [0.5, 0.6) is 0 Å². The molecule has 2 aromatic rings. The second-order valence-corrected chi connectivity index (χ2v) is 9.23. The summed E-state index contributed by atoms with van der Waals surface area (Å²) in [5.74, 6) is 0. The molecule has 0 atom stereocenters. The molecule has 1 aromatic heterocycles. The molecule has 0 spiro atoms. The molecule has 4 nitrogen and oxygen atoms in total. The molecule has 0 bridgehead atoms. The molecule has 1 heterocycles. The summed E-state index contributed by atoms with van der Waals surface area (Å²) in [5, 5.41) is 0.932. The van der Waals surface area contributed by atoms with E-state index in [2.05, 4.69) is 9.88 Å². The minimum Gasteiger partial charge on any atom is -0.318 e. The Kier molecular flexibility index (Phi) is 7.16. The lowest BCUT2D eigenvalue weighted by Crippen LogP contribution is -2.53. The van der Waals surface area contributed by atoms with E-state index in [1.165, 1.54) is 38.5 Å². The fraction of sp³-hybridized carbons (Fsp3) is 0.500. The van der Waals surface area contributed by atoms with Crippen LogP contribution in [0, 0.1) is 0 Å². The van der Waals surface area contributed by atoms with Gasteiger partial charge in [-0.2, -0.15) is 0 Å². The van der Waals surface area contributed by atoms with Crippen LogP contribution in [0.3, 0.4) is 0 Å². The van der Waals surface area contributed by atoms with Gasteiger partial charge in [0.05, 0.1) is 21.4 Å². The molecule has 6 heteroatoms. The number of pyridine rings is 1. The van der Waals surface area contributed by atoms with E-state index < -0.39 is 0 Å². The van der Waals surface area contributed by atoms with Crippen molar-refractivity contribution in [1.82, 2.24) is 9.88 Å². The number of hydrogen-bond donors (Lipinski definition) is 0. The zero-order chi connectivity index (χ0) is 20.9. The summed E-state index contributed by atoms with van der Waals surface area (Å²) in [7, 11) is 0. The summed E-state index contributed by atoms with van der Waals surface area (Å²) >= 11 is 12.5. The molecule has 2 amide bonds. The minimum absolute atomic E-state index is 0.0402. The van der Waals surface area contributed by atoms with Crippen molar-refractivity contribution in [3.63, 3.8) is 0 Å². The average molecular weight is 446 g/mol. The van der Waals surface area contributed by atoms with E-state index in [9.17, 15) is 4.79 Å². The molecule has 2 aliphatic carbocycles. The van der Waals surface area contributed by atoms with Gasteiger partial charge in [-0.15, -0.1) is 0 Å². The Bertz CT molecular complexity index is 831. The normalized spacial score (nSPS) is 18.2. The number of halogens is 2. The fourth-order valence-electron chi connectivity index (χ4n) is 4.93. The molecule has 2 saturated carbocycles. The van der Waals surface area contributed by atoms with E-state index in [0.717, 1.165) is 37.1 Å². The first kappa shape index (κ1) is 21.5. The van der Waals surface area contributed by atoms with Crippen LogP contribution in [0.4, 0.5) is 16.2 Å². The van der Waals surface area contributed by atoms with Crippen LogP contribution in [-0.4, -0.2) is 28.0 Å². The number of carbonyl (C=O) groups excluding carboxylic acids is 1. The topological polar surface area (TPSA) is 36.4 Å². The highest BCUT2D eigenvalue weighted by Gasteiger charge is 2.36. The average Bonchev–Trinajstić information content (AvgIpc) is 2.79. The first-order valence-corrected chi connectivity index (χ1v) is 11.9. The molecule has 0 aliphatic heterocycles. The fourth-order valence-corrected chi connectivity index (χ4v) is 5.22. The van der Waals surface area contributed by atoms with Gasteiger partial charge >= 0.3 is 6.03 Å². The summed E-state index contributed by atoms with van der Waals surface area (Å²) in [4.78, 5) is 22.3. The summed E-state index contributed by atoms with van der Waals surface area (Å²) in [6.07, 6.45) is 15.1. The van der Waals surface area contributed by atoms with Gasteiger partial charge in [0.15, 0.2) is 0 Å². The third-order valence-corrected chi connectivity index (χ3v) is 7.17. The first-order chi connectivity index (χ1) is 14.6. The van der Waals surface area contributed by atoms with Gasteiger partial charge in [0.25, 0.3) is 0 Å². The Morgan fingerprint density at radius 1 is 0.767 bits per heavy atom. The van der Waals surface area contributed by atoms with E-state index >= 15 is 0 Å².